The number of piperazine rings is 1. The number of pyridine rings is 1. The molecule has 0 radical (unpaired) electrons. The van der Waals surface area contributed by atoms with E-state index in [1.54, 1.807) is 22.7 Å². The highest BCUT2D eigenvalue weighted by atomic mass is 32.1. The van der Waals surface area contributed by atoms with Crippen LogP contribution in [0.3, 0.4) is 0 Å². The maximum Gasteiger partial charge on any atom is 0.410 e. The molecule has 4 fully saturated rings. The van der Waals surface area contributed by atoms with E-state index >= 15 is 0 Å². The van der Waals surface area contributed by atoms with Gasteiger partial charge in [0.15, 0.2) is 0 Å². The molecule has 0 unspecified atom stereocenters. The molecule has 4 aliphatic heterocycles. The van der Waals surface area contributed by atoms with Gasteiger partial charge < -0.3 is 19.1 Å². The van der Waals surface area contributed by atoms with Gasteiger partial charge in [0.05, 0.1) is 38.9 Å². The number of halogens is 1. The highest BCUT2D eigenvalue weighted by molar-refractivity contribution is 7.26. The fraction of sp³-hybridized carbons (Fsp3) is 0.611. The van der Waals surface area contributed by atoms with Gasteiger partial charge in [-0.25, -0.2) is 13.9 Å². The summed E-state index contributed by atoms with van der Waals surface area (Å²) in [5, 5.41) is 11.4. The maximum absolute atomic E-state index is 15.0. The SMILES string of the molecule is CC(C)[Si](C#Cc1csc2cc3nn(COCC[Si](C)(C)C)cc3c(-c3nccc4c3sc3nc(OC[C@@]56CCCN5C[C@H](F)C6)nc(N5C[C@H]6CC[C@@H](C5)N6C(=O)OC(C)(C)C)c34)c12)(C(C)C)C(C)C. The highest BCUT2D eigenvalue weighted by Gasteiger charge is 2.50. The Bertz CT molecular complexity index is 3020. The zero-order chi connectivity index (χ0) is 50.4. The molecule has 12 nitrogen and oxygen atoms in total. The molecule has 71 heavy (non-hydrogen) atoms. The summed E-state index contributed by atoms with van der Waals surface area (Å²) in [7, 11) is -3.36. The molecule has 0 N–H and O–H groups in total. The molecule has 0 saturated carbocycles. The quantitative estimate of drug-likeness (QED) is 0.0630. The van der Waals surface area contributed by atoms with Crippen molar-refractivity contribution < 1.29 is 23.4 Å². The Morgan fingerprint density at radius 1 is 1.00 bits per heavy atom. The normalized spacial score (nSPS) is 22.1. The van der Waals surface area contributed by atoms with Crippen LogP contribution in [0.5, 0.6) is 6.01 Å². The maximum atomic E-state index is 15.0. The first-order valence-corrected chi connectivity index (χ1v) is 33.7. The number of nitrogens with zero attached hydrogens (tertiary/aromatic N) is 8. The number of carbonyl (C=O) groups is 1. The predicted molar refractivity (Wildman–Crippen MR) is 294 cm³/mol. The van der Waals surface area contributed by atoms with Gasteiger partial charge in [-0.15, -0.1) is 28.2 Å². The van der Waals surface area contributed by atoms with Gasteiger partial charge in [0.25, 0.3) is 0 Å². The third-order valence-corrected chi connectivity index (χ3v) is 26.0. The number of hydrogen-bond donors (Lipinski definition) is 0. The van der Waals surface area contributed by atoms with Crippen molar-refractivity contribution in [2.24, 2.45) is 0 Å². The Morgan fingerprint density at radius 2 is 1.73 bits per heavy atom. The van der Waals surface area contributed by atoms with E-state index in [9.17, 15) is 9.18 Å². The summed E-state index contributed by atoms with van der Waals surface area (Å²) < 4.78 is 37.9. The fourth-order valence-corrected chi connectivity index (χ4v) is 20.7. The van der Waals surface area contributed by atoms with Crippen LogP contribution in [0.2, 0.25) is 42.3 Å². The first-order valence-electron chi connectivity index (χ1n) is 26.0. The molecule has 9 heterocycles. The van der Waals surface area contributed by atoms with Crippen LogP contribution >= 0.6 is 22.7 Å². The Morgan fingerprint density at radius 3 is 2.42 bits per heavy atom. The number of hydrogen-bond acceptors (Lipinski definition) is 12. The van der Waals surface area contributed by atoms with E-state index in [4.69, 9.17) is 34.3 Å². The third-order valence-electron chi connectivity index (χ3n) is 16.0. The minimum absolute atomic E-state index is 0.0324. The van der Waals surface area contributed by atoms with Crippen molar-refractivity contribution in [2.45, 2.75) is 173 Å². The van der Waals surface area contributed by atoms with E-state index in [2.05, 4.69) is 106 Å². The topological polar surface area (TPSA) is 111 Å². The molecule has 2 bridgehead atoms. The number of ether oxygens (including phenoxy) is 3. The van der Waals surface area contributed by atoms with E-state index in [-0.39, 0.29) is 23.7 Å². The number of alkyl halides is 1. The summed E-state index contributed by atoms with van der Waals surface area (Å²) >= 11 is 3.33. The average Bonchev–Trinajstić information content (AvgIpc) is 4.14. The van der Waals surface area contributed by atoms with Crippen LogP contribution in [0.1, 0.15) is 100.0 Å². The van der Waals surface area contributed by atoms with Crippen molar-refractivity contribution in [1.82, 2.24) is 34.5 Å². The molecule has 4 aliphatic rings. The molecule has 4 saturated heterocycles. The Balaban J connectivity index is 1.14. The number of benzene rings is 1. The number of thiophene rings is 2. The van der Waals surface area contributed by atoms with Gasteiger partial charge in [0.2, 0.25) is 0 Å². The predicted octanol–water partition coefficient (Wildman–Crippen LogP) is 12.9. The van der Waals surface area contributed by atoms with Gasteiger partial charge >= 0.3 is 12.1 Å². The monoisotopic (exact) mass is 1040 g/mol. The molecule has 380 valence electrons. The molecule has 6 aromatic rings. The minimum atomic E-state index is -2.08. The van der Waals surface area contributed by atoms with Crippen LogP contribution in [0.15, 0.2) is 29.9 Å². The second kappa shape index (κ2) is 18.9. The highest BCUT2D eigenvalue weighted by Crippen LogP contribution is 2.49. The average molecular weight is 1040 g/mol. The Kier molecular flexibility index (Phi) is 13.4. The lowest BCUT2D eigenvalue weighted by atomic mass is 9.95. The van der Waals surface area contributed by atoms with E-state index in [0.29, 0.717) is 68.6 Å². The second-order valence-corrected chi connectivity index (χ2v) is 37.2. The molecule has 0 aliphatic carbocycles. The second-order valence-electron chi connectivity index (χ2n) is 24.1. The smallest absolute Gasteiger partial charge is 0.410 e. The van der Waals surface area contributed by atoms with Crippen LogP contribution < -0.4 is 9.64 Å². The summed E-state index contributed by atoms with van der Waals surface area (Å²) in [6, 6.07) is 5.62. The van der Waals surface area contributed by atoms with Gasteiger partial charge in [-0.2, -0.15) is 15.1 Å². The number of aromatic nitrogens is 5. The molecule has 17 heteroatoms. The van der Waals surface area contributed by atoms with Crippen LogP contribution in [-0.4, -0.2) is 126 Å². The number of rotatable bonds is 13. The number of fused-ring (bicyclic) bond motifs is 8. The van der Waals surface area contributed by atoms with E-state index in [0.717, 1.165) is 102 Å². The molecule has 1 aromatic carbocycles. The van der Waals surface area contributed by atoms with E-state index in [1.165, 1.54) is 0 Å². The minimum Gasteiger partial charge on any atom is -0.461 e. The zero-order valence-electron chi connectivity index (χ0n) is 43.9. The van der Waals surface area contributed by atoms with Gasteiger partial charge in [-0.05, 0) is 87.8 Å². The summed E-state index contributed by atoms with van der Waals surface area (Å²) in [5.74, 6) is 4.65. The first kappa shape index (κ1) is 50.4. The molecule has 0 spiro atoms. The zero-order valence-corrected chi connectivity index (χ0v) is 47.6. The van der Waals surface area contributed by atoms with Gasteiger partial charge in [0, 0.05) is 90.5 Å². The number of carbonyl (C=O) groups excluding carboxylic acids is 1. The summed E-state index contributed by atoms with van der Waals surface area (Å²) in [5.41, 5.74) is 8.35. The largest absolute Gasteiger partial charge is 0.461 e. The van der Waals surface area contributed by atoms with Crippen molar-refractivity contribution in [1.29, 1.82) is 0 Å². The van der Waals surface area contributed by atoms with Crippen molar-refractivity contribution in [3.05, 3.63) is 35.5 Å². The standard InChI is InChI=1S/C54H73FN8O4S2Si2/c1-33(2)71(34(3)4,35(5)6)22-17-36-30-68-43-24-42-41(29-62(59-42)32-65-21-23-70(10,11)12)45(44(36)43)47-48-40(16-19-56-47)46-49(60-27-38-14-15-39(28-60)63(38)52(64)67-53(7,8)9)57-51(58-50(46)69-48)66-31-54-18-13-20-61(54)26-37(55)25-54/h16,19,24,29-30,33-35,37-39H,13-15,18,20-21,23,25-28,31-32H2,1-12H3/t37-,38-,39+,54+/m1/s1. The third kappa shape index (κ3) is 9.40. The van der Waals surface area contributed by atoms with Crippen molar-refractivity contribution in [3.8, 4) is 28.7 Å². The lowest BCUT2D eigenvalue weighted by molar-refractivity contribution is 0.0122. The molecular formula is C54H73FN8O4S2Si2. The van der Waals surface area contributed by atoms with Crippen molar-refractivity contribution >= 4 is 92.0 Å². The number of amides is 1. The number of anilines is 1. The van der Waals surface area contributed by atoms with Crippen LogP contribution in [-0.2, 0) is 16.2 Å². The first-order chi connectivity index (χ1) is 33.6. The summed E-state index contributed by atoms with van der Waals surface area (Å²) in [6.07, 6.45) is 7.07. The van der Waals surface area contributed by atoms with E-state index < -0.39 is 27.9 Å². The Labute approximate surface area is 429 Å². The van der Waals surface area contributed by atoms with E-state index in [1.807, 2.05) is 36.5 Å². The Hall–Kier alpha value is -4.19. The summed E-state index contributed by atoms with van der Waals surface area (Å²) in [4.78, 5) is 36.9. The van der Waals surface area contributed by atoms with Crippen molar-refractivity contribution in [2.75, 3.05) is 44.3 Å². The van der Waals surface area contributed by atoms with Gasteiger partial charge in [-0.1, -0.05) is 67.1 Å². The molecule has 5 aromatic heterocycles. The lowest BCUT2D eigenvalue weighted by Gasteiger charge is -2.42. The molecule has 10 rings (SSSR count). The molecule has 1 amide bonds. The van der Waals surface area contributed by atoms with Crippen LogP contribution in [0.4, 0.5) is 15.0 Å². The molecular weight excluding hydrogens is 964 g/mol. The molecule has 4 atom stereocenters. The van der Waals surface area contributed by atoms with Crippen molar-refractivity contribution in [3.63, 3.8) is 0 Å². The fourth-order valence-electron chi connectivity index (χ4n) is 12.7. The van der Waals surface area contributed by atoms with Crippen LogP contribution in [0, 0.1) is 11.5 Å². The lowest BCUT2D eigenvalue weighted by Crippen LogP contribution is -2.57. The van der Waals surface area contributed by atoms with Crippen LogP contribution in [0.25, 0.3) is 52.5 Å². The van der Waals surface area contributed by atoms with Gasteiger partial charge in [-0.3, -0.25) is 14.8 Å². The summed E-state index contributed by atoms with van der Waals surface area (Å²) in [6.45, 7) is 31.0. The van der Waals surface area contributed by atoms with Gasteiger partial charge in [0.1, 0.15) is 43.8 Å².